The minimum atomic E-state index is -0.602. The third-order valence-corrected chi connectivity index (χ3v) is 2.54. The van der Waals surface area contributed by atoms with Gasteiger partial charge in [-0.2, -0.15) is 0 Å². The van der Waals surface area contributed by atoms with Crippen molar-refractivity contribution in [3.8, 4) is 0 Å². The van der Waals surface area contributed by atoms with Crippen molar-refractivity contribution in [2.75, 3.05) is 25.4 Å². The summed E-state index contributed by atoms with van der Waals surface area (Å²) in [5.41, 5.74) is 5.39. The summed E-state index contributed by atoms with van der Waals surface area (Å²) in [5.74, 6) is -0.403. The van der Waals surface area contributed by atoms with Crippen LogP contribution >= 0.6 is 0 Å². The molecule has 1 aromatic carbocycles. The highest BCUT2D eigenvalue weighted by Crippen LogP contribution is 2.24. The fraction of sp³-hybridized carbons (Fsp3) is 0.417. The Labute approximate surface area is 111 Å². The molecule has 0 atom stereocenters. The van der Waals surface area contributed by atoms with Crippen LogP contribution in [0.25, 0.3) is 0 Å². The van der Waals surface area contributed by atoms with E-state index in [-0.39, 0.29) is 16.9 Å². The number of nitrogens with two attached hydrogens (primary N) is 1. The summed E-state index contributed by atoms with van der Waals surface area (Å²) in [6.45, 7) is 4.03. The second-order valence-electron chi connectivity index (χ2n) is 4.00. The van der Waals surface area contributed by atoms with Gasteiger partial charge in [-0.25, -0.2) is 0 Å². The number of hydrogen-bond acceptors (Lipinski definition) is 5. The number of nitro groups is 1. The summed E-state index contributed by atoms with van der Waals surface area (Å²) >= 11 is 0. The average molecular weight is 266 g/mol. The van der Waals surface area contributed by atoms with Crippen molar-refractivity contribution in [3.63, 3.8) is 0 Å². The van der Waals surface area contributed by atoms with Gasteiger partial charge in [0.05, 0.1) is 10.5 Å². The molecule has 0 saturated carbocycles. The molecule has 7 nitrogen and oxygen atoms in total. The first-order valence-electron chi connectivity index (χ1n) is 6.09. The quantitative estimate of drug-likeness (QED) is 0.294. The smallest absolute Gasteiger partial charge is 0.292 e. The molecule has 0 heterocycles. The van der Waals surface area contributed by atoms with Gasteiger partial charge >= 0.3 is 0 Å². The molecule has 0 spiro atoms. The zero-order valence-corrected chi connectivity index (χ0v) is 10.8. The second kappa shape index (κ2) is 7.32. The van der Waals surface area contributed by atoms with Crippen molar-refractivity contribution >= 4 is 17.3 Å². The molecule has 0 aromatic heterocycles. The Morgan fingerprint density at radius 3 is 2.74 bits per heavy atom. The first-order chi connectivity index (χ1) is 9.07. The lowest BCUT2D eigenvalue weighted by atomic mass is 10.1. The third kappa shape index (κ3) is 4.22. The molecule has 0 unspecified atom stereocenters. The van der Waals surface area contributed by atoms with E-state index in [0.29, 0.717) is 13.1 Å². The maximum atomic E-state index is 11.8. The first kappa shape index (κ1) is 14.9. The minimum Gasteiger partial charge on any atom is -0.393 e. The number of anilines is 1. The maximum absolute atomic E-state index is 11.8. The van der Waals surface area contributed by atoms with Crippen LogP contribution in [-0.2, 0) is 0 Å². The van der Waals surface area contributed by atoms with E-state index >= 15 is 0 Å². The fourth-order valence-electron chi connectivity index (χ4n) is 1.57. The van der Waals surface area contributed by atoms with E-state index in [9.17, 15) is 14.9 Å². The molecule has 0 saturated heterocycles. The lowest BCUT2D eigenvalue weighted by molar-refractivity contribution is -0.383. The number of nitrogens with zero attached hydrogens (tertiary/aromatic N) is 1. The van der Waals surface area contributed by atoms with Gasteiger partial charge in [0.1, 0.15) is 5.69 Å². The molecule has 0 aliphatic rings. The Bertz CT molecular complexity index is 462. The van der Waals surface area contributed by atoms with Crippen molar-refractivity contribution in [2.24, 2.45) is 0 Å². The number of nitro benzene ring substituents is 1. The van der Waals surface area contributed by atoms with Crippen molar-refractivity contribution < 1.29 is 9.72 Å². The molecule has 7 heteroatoms. The molecule has 0 aliphatic heterocycles. The highest BCUT2D eigenvalue weighted by molar-refractivity contribution is 6.00. The number of carbonyl (C=O) groups is 1. The van der Waals surface area contributed by atoms with Crippen LogP contribution in [0.5, 0.6) is 0 Å². The zero-order valence-electron chi connectivity index (χ0n) is 10.8. The summed E-state index contributed by atoms with van der Waals surface area (Å²) in [5, 5.41) is 16.5. The van der Waals surface area contributed by atoms with Gasteiger partial charge in [0.2, 0.25) is 0 Å². The lowest BCUT2D eigenvalue weighted by Crippen LogP contribution is -2.32. The molecule has 0 aliphatic carbocycles. The van der Waals surface area contributed by atoms with Crippen molar-refractivity contribution in [3.05, 3.63) is 33.9 Å². The molecule has 4 N–H and O–H groups in total. The summed E-state index contributed by atoms with van der Waals surface area (Å²) in [7, 11) is 0. The van der Waals surface area contributed by atoms with Crippen molar-refractivity contribution in [1.29, 1.82) is 0 Å². The number of amides is 1. The van der Waals surface area contributed by atoms with Gasteiger partial charge < -0.3 is 16.4 Å². The van der Waals surface area contributed by atoms with E-state index in [1.807, 2.05) is 0 Å². The SMILES string of the molecule is CCCNCCNC(=O)c1cccc([N+](=O)[O-])c1N. The van der Waals surface area contributed by atoms with E-state index in [2.05, 4.69) is 17.6 Å². The first-order valence-corrected chi connectivity index (χ1v) is 6.09. The number of rotatable bonds is 7. The Morgan fingerprint density at radius 2 is 2.11 bits per heavy atom. The molecule has 0 fully saturated rings. The van der Waals surface area contributed by atoms with Crippen LogP contribution < -0.4 is 16.4 Å². The van der Waals surface area contributed by atoms with Crippen LogP contribution in [0.2, 0.25) is 0 Å². The lowest BCUT2D eigenvalue weighted by Gasteiger charge is -2.08. The molecular weight excluding hydrogens is 248 g/mol. The van der Waals surface area contributed by atoms with E-state index < -0.39 is 10.8 Å². The highest BCUT2D eigenvalue weighted by atomic mass is 16.6. The Kier molecular flexibility index (Phi) is 5.74. The highest BCUT2D eigenvalue weighted by Gasteiger charge is 2.18. The standard InChI is InChI=1S/C12H18N4O3/c1-2-6-14-7-8-15-12(17)9-4-3-5-10(11(9)13)16(18)19/h3-5,14H,2,6-8,13H2,1H3,(H,15,17). The second-order valence-corrected chi connectivity index (χ2v) is 4.00. The summed E-state index contributed by atoms with van der Waals surface area (Å²) in [6, 6.07) is 4.19. The number of para-hydroxylation sites is 1. The fourth-order valence-corrected chi connectivity index (χ4v) is 1.57. The predicted octanol–water partition coefficient (Wildman–Crippen LogP) is 0.906. The molecular formula is C12H18N4O3. The van der Waals surface area contributed by atoms with Crippen molar-refractivity contribution in [1.82, 2.24) is 10.6 Å². The number of nitrogens with one attached hydrogen (secondary N) is 2. The van der Waals surface area contributed by atoms with Gasteiger partial charge in [-0.1, -0.05) is 13.0 Å². The summed E-state index contributed by atoms with van der Waals surface area (Å²) < 4.78 is 0. The number of benzene rings is 1. The molecule has 104 valence electrons. The van der Waals surface area contributed by atoms with Gasteiger partial charge in [0.25, 0.3) is 11.6 Å². The Hall–Kier alpha value is -2.15. The van der Waals surface area contributed by atoms with Crippen LogP contribution in [0.1, 0.15) is 23.7 Å². The normalized spacial score (nSPS) is 10.2. The van der Waals surface area contributed by atoms with Gasteiger partial charge in [0.15, 0.2) is 0 Å². The third-order valence-electron chi connectivity index (χ3n) is 2.54. The van der Waals surface area contributed by atoms with E-state index in [1.165, 1.54) is 18.2 Å². The molecule has 1 amide bonds. The van der Waals surface area contributed by atoms with Crippen LogP contribution in [-0.4, -0.2) is 30.5 Å². The minimum absolute atomic E-state index is 0.105. The van der Waals surface area contributed by atoms with E-state index in [1.54, 1.807) is 0 Å². The number of hydrogen-bond donors (Lipinski definition) is 3. The monoisotopic (exact) mass is 266 g/mol. The molecule has 1 rings (SSSR count). The number of nitrogen functional groups attached to an aromatic ring is 1. The predicted molar refractivity (Wildman–Crippen MR) is 73.0 cm³/mol. The Balaban J connectivity index is 2.62. The molecule has 1 aromatic rings. The maximum Gasteiger partial charge on any atom is 0.292 e. The zero-order chi connectivity index (χ0) is 14.3. The number of carbonyl (C=O) groups excluding carboxylic acids is 1. The van der Waals surface area contributed by atoms with Gasteiger partial charge in [0, 0.05) is 19.2 Å². The molecule has 19 heavy (non-hydrogen) atoms. The van der Waals surface area contributed by atoms with Gasteiger partial charge in [-0.15, -0.1) is 0 Å². The van der Waals surface area contributed by atoms with E-state index in [4.69, 9.17) is 5.73 Å². The summed E-state index contributed by atoms with van der Waals surface area (Å²) in [6.07, 6.45) is 1.02. The molecule has 0 radical (unpaired) electrons. The van der Waals surface area contributed by atoms with Crippen molar-refractivity contribution in [2.45, 2.75) is 13.3 Å². The van der Waals surface area contributed by atoms with Crippen LogP contribution in [0.4, 0.5) is 11.4 Å². The van der Waals surface area contributed by atoms with Gasteiger partial charge in [-0.05, 0) is 19.0 Å². The van der Waals surface area contributed by atoms with Crippen LogP contribution in [0.15, 0.2) is 18.2 Å². The van der Waals surface area contributed by atoms with E-state index in [0.717, 1.165) is 13.0 Å². The topological polar surface area (TPSA) is 110 Å². The summed E-state index contributed by atoms with van der Waals surface area (Å²) in [4.78, 5) is 21.9. The Morgan fingerprint density at radius 1 is 1.37 bits per heavy atom. The average Bonchev–Trinajstić information content (AvgIpc) is 2.38. The molecule has 0 bridgehead atoms. The van der Waals surface area contributed by atoms with Crippen LogP contribution in [0.3, 0.4) is 0 Å². The largest absolute Gasteiger partial charge is 0.393 e. The van der Waals surface area contributed by atoms with Gasteiger partial charge in [-0.3, -0.25) is 14.9 Å². The van der Waals surface area contributed by atoms with Crippen LogP contribution in [0, 0.1) is 10.1 Å².